The second-order valence-electron chi connectivity index (χ2n) is 7.30. The molecule has 1 aromatic carbocycles. The van der Waals surface area contributed by atoms with E-state index in [2.05, 4.69) is 13.0 Å². The van der Waals surface area contributed by atoms with E-state index in [1.54, 1.807) is 24.3 Å². The smallest absolute Gasteiger partial charge is 0.261 e. The summed E-state index contributed by atoms with van der Waals surface area (Å²) in [7, 11) is 0. The largest absolute Gasteiger partial charge is 0.484 e. The minimum atomic E-state index is -0.0485. The molecule has 5 nitrogen and oxygen atoms in total. The summed E-state index contributed by atoms with van der Waals surface area (Å²) in [6, 6.07) is 13.2. The molecule has 0 spiro atoms. The number of rotatable bonds is 7. The van der Waals surface area contributed by atoms with Gasteiger partial charge in [0.15, 0.2) is 6.61 Å². The summed E-state index contributed by atoms with van der Waals surface area (Å²) in [5, 5.41) is 8.94. The molecule has 1 aromatic heterocycles. The van der Waals surface area contributed by atoms with E-state index in [1.807, 2.05) is 17.0 Å². The van der Waals surface area contributed by atoms with E-state index in [9.17, 15) is 4.79 Å². The Hall–Kier alpha value is -2.74. The molecule has 2 fully saturated rings. The highest BCUT2D eigenvalue weighted by atomic mass is 16.5. The number of benzene rings is 1. The van der Waals surface area contributed by atoms with Gasteiger partial charge in [-0.05, 0) is 55.5 Å². The van der Waals surface area contributed by atoms with Gasteiger partial charge in [0, 0.05) is 12.0 Å². The van der Waals surface area contributed by atoms with E-state index in [0.29, 0.717) is 29.7 Å². The summed E-state index contributed by atoms with van der Waals surface area (Å²) in [5.41, 5.74) is 0.520. The van der Waals surface area contributed by atoms with Gasteiger partial charge >= 0.3 is 0 Å². The zero-order valence-electron chi connectivity index (χ0n) is 14.9. The summed E-state index contributed by atoms with van der Waals surface area (Å²) >= 11 is 0. The number of nitriles is 1. The minimum Gasteiger partial charge on any atom is -0.484 e. The standard InChI is InChI=1S/C21H22N2O3/c1-14-9-19(14)20-8-7-18(26-20)12-23(16-5-6-16)21(24)13-25-17-4-2-3-15(10-17)11-22/h2-4,7-8,10,14,16,19H,5-6,9,12-13H2,1H3/t14-,19+/m1/s1. The molecule has 2 aliphatic carbocycles. The van der Waals surface area contributed by atoms with Crippen LogP contribution in [-0.4, -0.2) is 23.5 Å². The van der Waals surface area contributed by atoms with Crippen LogP contribution in [0.1, 0.15) is 49.2 Å². The van der Waals surface area contributed by atoms with Crippen molar-refractivity contribution in [2.24, 2.45) is 5.92 Å². The van der Waals surface area contributed by atoms with E-state index in [0.717, 1.165) is 24.4 Å². The van der Waals surface area contributed by atoms with Crippen molar-refractivity contribution in [3.05, 3.63) is 53.5 Å². The molecule has 2 aromatic rings. The Labute approximate surface area is 153 Å². The lowest BCUT2D eigenvalue weighted by Crippen LogP contribution is -2.36. The molecule has 5 heteroatoms. The maximum absolute atomic E-state index is 12.7. The van der Waals surface area contributed by atoms with Crippen LogP contribution in [0.25, 0.3) is 0 Å². The van der Waals surface area contributed by atoms with Gasteiger partial charge in [-0.1, -0.05) is 13.0 Å². The molecule has 4 rings (SSSR count). The van der Waals surface area contributed by atoms with Gasteiger partial charge in [-0.2, -0.15) is 5.26 Å². The van der Waals surface area contributed by atoms with Crippen LogP contribution in [0.3, 0.4) is 0 Å². The Kier molecular flexibility index (Phi) is 4.42. The molecule has 0 N–H and O–H groups in total. The summed E-state index contributed by atoms with van der Waals surface area (Å²) in [6.45, 7) is 2.69. The van der Waals surface area contributed by atoms with Crippen molar-refractivity contribution in [1.29, 1.82) is 5.26 Å². The molecule has 134 valence electrons. The molecular weight excluding hydrogens is 328 g/mol. The van der Waals surface area contributed by atoms with Crippen molar-refractivity contribution in [3.63, 3.8) is 0 Å². The Balaban J connectivity index is 1.37. The first-order valence-corrected chi connectivity index (χ1v) is 9.15. The molecule has 0 radical (unpaired) electrons. The number of nitrogens with zero attached hydrogens (tertiary/aromatic N) is 2. The van der Waals surface area contributed by atoms with Gasteiger partial charge in [0.05, 0.1) is 18.2 Å². The van der Waals surface area contributed by atoms with Crippen molar-refractivity contribution in [3.8, 4) is 11.8 Å². The first-order valence-electron chi connectivity index (χ1n) is 9.15. The Morgan fingerprint density at radius 2 is 2.15 bits per heavy atom. The molecule has 1 amide bonds. The Morgan fingerprint density at radius 3 is 2.85 bits per heavy atom. The SMILES string of the molecule is C[C@@H]1C[C@@H]1c1ccc(CN(C(=O)COc2cccc(C#N)c2)C2CC2)o1. The first-order chi connectivity index (χ1) is 12.6. The Bertz CT molecular complexity index is 847. The van der Waals surface area contributed by atoms with Crippen LogP contribution in [0.5, 0.6) is 5.75 Å². The average molecular weight is 350 g/mol. The van der Waals surface area contributed by atoms with E-state index >= 15 is 0 Å². The number of carbonyl (C=O) groups excluding carboxylic acids is 1. The number of hydrogen-bond acceptors (Lipinski definition) is 4. The monoisotopic (exact) mass is 350 g/mol. The molecule has 26 heavy (non-hydrogen) atoms. The highest BCUT2D eigenvalue weighted by Crippen LogP contribution is 2.47. The molecule has 2 saturated carbocycles. The maximum Gasteiger partial charge on any atom is 0.261 e. The minimum absolute atomic E-state index is 0.0292. The maximum atomic E-state index is 12.7. The van der Waals surface area contributed by atoms with Crippen molar-refractivity contribution in [2.45, 2.75) is 44.7 Å². The summed E-state index contributed by atoms with van der Waals surface area (Å²) in [6.07, 6.45) is 3.25. The molecule has 0 saturated heterocycles. The molecule has 2 aliphatic rings. The van der Waals surface area contributed by atoms with E-state index in [1.165, 1.54) is 6.42 Å². The van der Waals surface area contributed by atoms with E-state index < -0.39 is 0 Å². The highest BCUT2D eigenvalue weighted by molar-refractivity contribution is 5.78. The van der Waals surface area contributed by atoms with Crippen LogP contribution in [-0.2, 0) is 11.3 Å². The lowest BCUT2D eigenvalue weighted by Gasteiger charge is -2.21. The van der Waals surface area contributed by atoms with E-state index in [-0.39, 0.29) is 18.6 Å². The second-order valence-corrected chi connectivity index (χ2v) is 7.30. The van der Waals surface area contributed by atoms with Gasteiger partial charge in [-0.25, -0.2) is 0 Å². The zero-order chi connectivity index (χ0) is 18.1. The number of amides is 1. The lowest BCUT2D eigenvalue weighted by molar-refractivity contribution is -0.134. The lowest BCUT2D eigenvalue weighted by atomic mass is 10.2. The number of furan rings is 1. The summed E-state index contributed by atoms with van der Waals surface area (Å²) < 4.78 is 11.6. The summed E-state index contributed by atoms with van der Waals surface area (Å²) in [5.74, 6) is 3.62. The first kappa shape index (κ1) is 16.7. The zero-order valence-corrected chi connectivity index (χ0v) is 14.9. The van der Waals surface area contributed by atoms with Crippen molar-refractivity contribution < 1.29 is 13.9 Å². The Morgan fingerprint density at radius 1 is 1.35 bits per heavy atom. The quantitative estimate of drug-likeness (QED) is 0.761. The van der Waals surface area contributed by atoms with Crippen molar-refractivity contribution >= 4 is 5.91 Å². The third kappa shape index (κ3) is 3.75. The highest BCUT2D eigenvalue weighted by Gasteiger charge is 2.37. The fourth-order valence-corrected chi connectivity index (χ4v) is 3.26. The molecule has 2 atom stereocenters. The van der Waals surface area contributed by atoms with Gasteiger partial charge in [0.1, 0.15) is 17.3 Å². The normalized spacial score (nSPS) is 21.1. The van der Waals surface area contributed by atoms with Crippen LogP contribution < -0.4 is 4.74 Å². The van der Waals surface area contributed by atoms with Crippen LogP contribution in [0.15, 0.2) is 40.8 Å². The molecule has 0 aliphatic heterocycles. The molecular formula is C21H22N2O3. The third-order valence-electron chi connectivity index (χ3n) is 5.12. The number of ether oxygens (including phenoxy) is 1. The van der Waals surface area contributed by atoms with Crippen LogP contribution in [0.2, 0.25) is 0 Å². The third-order valence-corrected chi connectivity index (χ3v) is 5.12. The fourth-order valence-electron chi connectivity index (χ4n) is 3.26. The van der Waals surface area contributed by atoms with Crippen LogP contribution >= 0.6 is 0 Å². The fraction of sp³-hybridized carbons (Fsp3) is 0.429. The van der Waals surface area contributed by atoms with Gasteiger partial charge < -0.3 is 14.1 Å². The predicted octanol–water partition coefficient (Wildman–Crippen LogP) is 3.84. The predicted molar refractivity (Wildman–Crippen MR) is 95.5 cm³/mol. The van der Waals surface area contributed by atoms with Gasteiger partial charge in [-0.3, -0.25) is 4.79 Å². The molecule has 1 heterocycles. The van der Waals surface area contributed by atoms with Gasteiger partial charge in [0.2, 0.25) is 0 Å². The average Bonchev–Trinajstić information content (AvgIpc) is 3.58. The van der Waals surface area contributed by atoms with Crippen LogP contribution in [0.4, 0.5) is 0 Å². The van der Waals surface area contributed by atoms with Crippen molar-refractivity contribution in [1.82, 2.24) is 4.90 Å². The second kappa shape index (κ2) is 6.87. The molecule has 0 unspecified atom stereocenters. The van der Waals surface area contributed by atoms with E-state index in [4.69, 9.17) is 14.4 Å². The summed E-state index contributed by atoms with van der Waals surface area (Å²) in [4.78, 5) is 14.5. The van der Waals surface area contributed by atoms with Crippen LogP contribution in [0, 0.1) is 17.2 Å². The topological polar surface area (TPSA) is 66.5 Å². The number of hydrogen-bond donors (Lipinski definition) is 0. The van der Waals surface area contributed by atoms with Crippen molar-refractivity contribution in [2.75, 3.05) is 6.61 Å². The number of carbonyl (C=O) groups is 1. The van der Waals surface area contributed by atoms with Gasteiger partial charge in [-0.15, -0.1) is 0 Å². The van der Waals surface area contributed by atoms with Gasteiger partial charge in [0.25, 0.3) is 5.91 Å². The molecule has 0 bridgehead atoms.